The molecule has 0 N–H and O–H groups in total. The number of nitrogens with zero attached hydrogens (tertiary/aromatic N) is 3. The summed E-state index contributed by atoms with van der Waals surface area (Å²) in [4.78, 5) is 10.8. The van der Waals surface area contributed by atoms with Crippen LogP contribution >= 0.6 is 0 Å². The summed E-state index contributed by atoms with van der Waals surface area (Å²) in [5.41, 5.74) is 14.7. The molecule has 0 saturated carbocycles. The predicted molar refractivity (Wildman–Crippen MR) is 230 cm³/mol. The van der Waals surface area contributed by atoms with Gasteiger partial charge < -0.3 is 9.30 Å². The number of ether oxygens (including phenoxy) is 1. The summed E-state index contributed by atoms with van der Waals surface area (Å²) in [6.45, 7) is 0. The van der Waals surface area contributed by atoms with E-state index in [1.54, 1.807) is 0 Å². The minimum atomic E-state index is -0.636. The normalized spacial score (nSPS) is 13.2. The topological polar surface area (TPSA) is 39.9 Å². The second kappa shape index (κ2) is 12.2. The van der Waals surface area contributed by atoms with E-state index < -0.39 is 5.41 Å². The van der Waals surface area contributed by atoms with Crippen LogP contribution in [0.3, 0.4) is 0 Å². The van der Waals surface area contributed by atoms with Gasteiger partial charge in [-0.25, -0.2) is 9.97 Å². The molecule has 0 bridgehead atoms. The maximum atomic E-state index is 6.66. The number of para-hydroxylation sites is 4. The largest absolute Gasteiger partial charge is 0.457 e. The third kappa shape index (κ3) is 4.56. The van der Waals surface area contributed by atoms with Gasteiger partial charge in [-0.05, 0) is 64.7 Å². The highest BCUT2D eigenvalue weighted by molar-refractivity contribution is 6.09. The smallest absolute Gasteiger partial charge is 0.160 e. The highest BCUT2D eigenvalue weighted by Gasteiger charge is 2.52. The van der Waals surface area contributed by atoms with Crippen molar-refractivity contribution >= 4 is 21.8 Å². The fourth-order valence-electron chi connectivity index (χ4n) is 9.58. The van der Waals surface area contributed by atoms with Crippen LogP contribution in [0.1, 0.15) is 22.3 Å². The zero-order valence-electron chi connectivity index (χ0n) is 30.8. The lowest BCUT2D eigenvalue weighted by Gasteiger charge is -2.40. The van der Waals surface area contributed by atoms with Crippen LogP contribution in [0.5, 0.6) is 11.5 Å². The van der Waals surface area contributed by atoms with Gasteiger partial charge in [-0.2, -0.15) is 0 Å². The van der Waals surface area contributed by atoms with Crippen LogP contribution in [0.4, 0.5) is 0 Å². The van der Waals surface area contributed by atoms with E-state index in [4.69, 9.17) is 14.7 Å². The number of hydrogen-bond donors (Lipinski definition) is 0. The van der Waals surface area contributed by atoms with Crippen molar-refractivity contribution in [2.75, 3.05) is 0 Å². The molecule has 0 amide bonds. The van der Waals surface area contributed by atoms with Gasteiger partial charge in [-0.3, -0.25) is 0 Å². The van der Waals surface area contributed by atoms with Gasteiger partial charge in [0.15, 0.2) is 5.82 Å². The summed E-state index contributed by atoms with van der Waals surface area (Å²) in [5, 5.41) is 2.47. The fraction of sp³-hybridized carbons (Fsp3) is 0.0189. The van der Waals surface area contributed by atoms with Crippen LogP contribution < -0.4 is 4.74 Å². The van der Waals surface area contributed by atoms with Gasteiger partial charge in [0.2, 0.25) is 0 Å². The van der Waals surface area contributed by atoms with Crippen LogP contribution in [-0.4, -0.2) is 14.5 Å². The van der Waals surface area contributed by atoms with Gasteiger partial charge in [-0.1, -0.05) is 158 Å². The van der Waals surface area contributed by atoms with Crippen LogP contribution in [0, 0.1) is 0 Å². The Hall–Kier alpha value is -7.56. The van der Waals surface area contributed by atoms with Crippen LogP contribution in [-0.2, 0) is 5.41 Å². The molecule has 0 unspecified atom stereocenters. The summed E-state index contributed by atoms with van der Waals surface area (Å²) in [6.07, 6.45) is 0. The Bertz CT molecular complexity index is 3130. The molecule has 57 heavy (non-hydrogen) atoms. The van der Waals surface area contributed by atoms with Crippen molar-refractivity contribution in [3.05, 3.63) is 222 Å². The summed E-state index contributed by atoms with van der Waals surface area (Å²) in [7, 11) is 0. The first kappa shape index (κ1) is 31.8. The van der Waals surface area contributed by atoms with Crippen molar-refractivity contribution in [3.8, 4) is 62.2 Å². The maximum absolute atomic E-state index is 6.66. The molecule has 266 valence electrons. The molecule has 1 aliphatic heterocycles. The van der Waals surface area contributed by atoms with Crippen molar-refractivity contribution in [1.82, 2.24) is 14.5 Å². The van der Waals surface area contributed by atoms with Gasteiger partial charge in [0.1, 0.15) is 11.5 Å². The van der Waals surface area contributed by atoms with Crippen LogP contribution in [0.25, 0.3) is 72.5 Å². The predicted octanol–water partition coefficient (Wildman–Crippen LogP) is 13.0. The van der Waals surface area contributed by atoms with Crippen molar-refractivity contribution in [2.24, 2.45) is 0 Å². The molecular formula is C53H33N3O. The van der Waals surface area contributed by atoms with E-state index in [-0.39, 0.29) is 0 Å². The van der Waals surface area contributed by atoms with E-state index in [0.717, 1.165) is 56.4 Å². The third-order valence-corrected chi connectivity index (χ3v) is 11.9. The van der Waals surface area contributed by atoms with Gasteiger partial charge in [-0.15, -0.1) is 0 Å². The van der Waals surface area contributed by atoms with Gasteiger partial charge in [0.05, 0.1) is 27.8 Å². The standard InChI is InChI=1S/C53H33N3O/c1-2-16-34(17-3-1)52-54-45(35-18-14-19-36(32-35)56-47-28-10-5-21-38(47)39-22-6-11-29-48(39)56)33-46(55-52)41-24-15-23-40-37-20-4-7-25-42(37)53(51(40)41)43-26-8-12-30-49(43)57-50-31-13-9-27-44(50)53/h1-33H. The minimum Gasteiger partial charge on any atom is -0.457 e. The molecule has 4 heteroatoms. The number of aromatic nitrogens is 3. The zero-order chi connectivity index (χ0) is 37.5. The van der Waals surface area contributed by atoms with Gasteiger partial charge in [0, 0.05) is 44.3 Å². The first-order valence-corrected chi connectivity index (χ1v) is 19.4. The van der Waals surface area contributed by atoms with Crippen molar-refractivity contribution in [1.29, 1.82) is 0 Å². The van der Waals surface area contributed by atoms with E-state index in [2.05, 4.69) is 199 Å². The zero-order valence-corrected chi connectivity index (χ0v) is 30.8. The Morgan fingerprint density at radius 1 is 0.404 bits per heavy atom. The average molecular weight is 728 g/mol. The molecule has 3 heterocycles. The van der Waals surface area contributed by atoms with Gasteiger partial charge >= 0.3 is 0 Å². The van der Waals surface area contributed by atoms with E-state index in [1.165, 1.54) is 44.1 Å². The molecule has 8 aromatic carbocycles. The molecule has 0 radical (unpaired) electrons. The molecule has 0 fully saturated rings. The Kier molecular flexibility index (Phi) is 6.81. The van der Waals surface area contributed by atoms with Crippen molar-refractivity contribution < 1.29 is 4.74 Å². The molecule has 12 rings (SSSR count). The molecule has 2 aliphatic rings. The number of hydrogen-bond acceptors (Lipinski definition) is 3. The number of benzene rings is 8. The SMILES string of the molecule is c1ccc(-c2nc(-c3cccc(-n4c5ccccc5c5ccccc54)c3)cc(-c3cccc4c3C3(c5ccccc5Oc5ccccc53)c3ccccc3-4)n2)cc1. The summed E-state index contributed by atoms with van der Waals surface area (Å²) in [5.74, 6) is 2.41. The lowest BCUT2D eigenvalue weighted by Crippen LogP contribution is -2.32. The van der Waals surface area contributed by atoms with Gasteiger partial charge in [0.25, 0.3) is 0 Å². The first-order valence-electron chi connectivity index (χ1n) is 19.4. The van der Waals surface area contributed by atoms with E-state index in [0.29, 0.717) is 5.82 Å². The summed E-state index contributed by atoms with van der Waals surface area (Å²) in [6, 6.07) is 71.1. The fourth-order valence-corrected chi connectivity index (χ4v) is 9.58. The second-order valence-corrected chi connectivity index (χ2v) is 14.9. The molecule has 2 aromatic heterocycles. The number of fused-ring (bicyclic) bond motifs is 12. The van der Waals surface area contributed by atoms with Crippen LogP contribution in [0.15, 0.2) is 200 Å². The average Bonchev–Trinajstić information content (AvgIpc) is 3.78. The number of rotatable bonds is 4. The lowest BCUT2D eigenvalue weighted by atomic mass is 9.65. The third-order valence-electron chi connectivity index (χ3n) is 11.9. The summed E-state index contributed by atoms with van der Waals surface area (Å²) >= 11 is 0. The van der Waals surface area contributed by atoms with E-state index in [1.807, 2.05) is 6.07 Å². The van der Waals surface area contributed by atoms with E-state index in [9.17, 15) is 0 Å². The molecule has 1 aliphatic carbocycles. The van der Waals surface area contributed by atoms with E-state index >= 15 is 0 Å². The molecule has 4 nitrogen and oxygen atoms in total. The molecule has 10 aromatic rings. The Morgan fingerprint density at radius 2 is 0.947 bits per heavy atom. The minimum absolute atomic E-state index is 0.636. The Labute approximate surface area is 330 Å². The molecule has 0 saturated heterocycles. The van der Waals surface area contributed by atoms with Crippen LogP contribution in [0.2, 0.25) is 0 Å². The molecule has 0 atom stereocenters. The Balaban J connectivity index is 1.13. The summed E-state index contributed by atoms with van der Waals surface area (Å²) < 4.78 is 9.02. The monoisotopic (exact) mass is 727 g/mol. The lowest BCUT2D eigenvalue weighted by molar-refractivity contribution is 0.436. The van der Waals surface area contributed by atoms with Crippen molar-refractivity contribution in [2.45, 2.75) is 5.41 Å². The maximum Gasteiger partial charge on any atom is 0.160 e. The first-order chi connectivity index (χ1) is 28.3. The molecular weight excluding hydrogens is 695 g/mol. The Morgan fingerprint density at radius 3 is 1.68 bits per heavy atom. The quantitative estimate of drug-likeness (QED) is 0.181. The molecule has 1 spiro atoms. The highest BCUT2D eigenvalue weighted by Crippen LogP contribution is 2.63. The highest BCUT2D eigenvalue weighted by atomic mass is 16.5. The van der Waals surface area contributed by atoms with Crippen molar-refractivity contribution in [3.63, 3.8) is 0 Å². The second-order valence-electron chi connectivity index (χ2n) is 14.9.